The number of benzene rings is 1. The van der Waals surface area contributed by atoms with E-state index in [2.05, 4.69) is 0 Å². The fourth-order valence-electron chi connectivity index (χ4n) is 2.56. The van der Waals surface area contributed by atoms with Crippen molar-refractivity contribution in [2.24, 2.45) is 0 Å². The van der Waals surface area contributed by atoms with Gasteiger partial charge in [0.1, 0.15) is 12.4 Å². The van der Waals surface area contributed by atoms with E-state index in [0.717, 1.165) is 6.41 Å². The summed E-state index contributed by atoms with van der Waals surface area (Å²) in [4.78, 5) is 12.3. The number of hydrogen-bond donors (Lipinski definition) is 0. The Bertz CT molecular complexity index is 626. The minimum Gasteiger partial charge on any atom is -0.489 e. The van der Waals surface area contributed by atoms with Crippen LogP contribution in [0.5, 0.6) is 5.75 Å². The Kier molecular flexibility index (Phi) is 3.73. The van der Waals surface area contributed by atoms with Gasteiger partial charge in [0.15, 0.2) is 0 Å². The highest BCUT2D eigenvalue weighted by Crippen LogP contribution is 2.33. The van der Waals surface area contributed by atoms with Gasteiger partial charge in [-0.2, -0.15) is 12.7 Å². The average molecular weight is 311 g/mol. The lowest BCUT2D eigenvalue weighted by Crippen LogP contribution is -2.54. The highest BCUT2D eigenvalue weighted by atomic mass is 32.2. The number of piperazine rings is 1. The van der Waals surface area contributed by atoms with Gasteiger partial charge in [0.05, 0.1) is 12.2 Å². The zero-order valence-corrected chi connectivity index (χ0v) is 12.3. The van der Waals surface area contributed by atoms with Gasteiger partial charge in [0.25, 0.3) is 0 Å². The molecule has 1 aromatic rings. The Balaban J connectivity index is 1.85. The molecule has 1 aromatic carbocycles. The largest absolute Gasteiger partial charge is 0.489 e. The minimum atomic E-state index is -3.59. The summed E-state index contributed by atoms with van der Waals surface area (Å²) in [6, 6.07) is 7.12. The topological polar surface area (TPSA) is 70.2 Å². The van der Waals surface area contributed by atoms with Crippen LogP contribution in [-0.2, 0) is 15.0 Å². The number of ether oxygens (including phenoxy) is 1. The first-order valence-electron chi connectivity index (χ1n) is 6.82. The molecule has 0 saturated carbocycles. The number of fused-ring (bicyclic) bond motifs is 1. The molecule has 1 amide bonds. The quantitative estimate of drug-likeness (QED) is 0.731. The van der Waals surface area contributed by atoms with E-state index in [1.807, 2.05) is 6.07 Å². The van der Waals surface area contributed by atoms with Crippen molar-refractivity contribution in [2.45, 2.75) is 0 Å². The molecule has 0 unspecified atom stereocenters. The fraction of sp³-hybridized carbons (Fsp3) is 0.462. The van der Waals surface area contributed by atoms with Crippen LogP contribution in [0.2, 0.25) is 0 Å². The molecule has 0 N–H and O–H groups in total. The highest BCUT2D eigenvalue weighted by Gasteiger charge is 2.35. The predicted molar refractivity (Wildman–Crippen MR) is 77.4 cm³/mol. The summed E-state index contributed by atoms with van der Waals surface area (Å²) in [5.74, 6) is 0.582. The summed E-state index contributed by atoms with van der Waals surface area (Å²) < 4.78 is 33.9. The summed E-state index contributed by atoms with van der Waals surface area (Å²) in [6.45, 7) is 2.13. The van der Waals surface area contributed by atoms with Crippen LogP contribution < -0.4 is 9.04 Å². The third-order valence-corrected chi connectivity index (χ3v) is 5.67. The molecule has 21 heavy (non-hydrogen) atoms. The minimum absolute atomic E-state index is 0.299. The second-order valence-electron chi connectivity index (χ2n) is 4.94. The lowest BCUT2D eigenvalue weighted by atomic mass is 10.2. The molecule has 0 aromatic heterocycles. The monoisotopic (exact) mass is 311 g/mol. The van der Waals surface area contributed by atoms with E-state index in [1.165, 1.54) is 8.61 Å². The molecule has 0 aliphatic carbocycles. The van der Waals surface area contributed by atoms with Crippen LogP contribution in [0, 0.1) is 0 Å². The smallest absolute Gasteiger partial charge is 0.304 e. The van der Waals surface area contributed by atoms with E-state index >= 15 is 0 Å². The van der Waals surface area contributed by atoms with Gasteiger partial charge >= 0.3 is 10.2 Å². The fourth-order valence-corrected chi connectivity index (χ4v) is 4.17. The molecule has 1 fully saturated rings. The van der Waals surface area contributed by atoms with Crippen molar-refractivity contribution in [3.63, 3.8) is 0 Å². The standard InChI is InChI=1S/C13H17N3O4S/c17-11-14-5-7-15(8-6-14)21(18,19)16-9-10-20-13-4-2-1-3-12(13)16/h1-4,11H,5-10H2. The molecule has 114 valence electrons. The third kappa shape index (κ3) is 2.56. The average Bonchev–Trinajstić information content (AvgIpc) is 2.54. The van der Waals surface area contributed by atoms with Gasteiger partial charge in [-0.15, -0.1) is 0 Å². The van der Waals surface area contributed by atoms with Crippen LogP contribution in [-0.4, -0.2) is 63.4 Å². The molecule has 8 heteroatoms. The van der Waals surface area contributed by atoms with Crippen molar-refractivity contribution in [3.8, 4) is 5.75 Å². The normalized spacial score (nSPS) is 19.8. The highest BCUT2D eigenvalue weighted by molar-refractivity contribution is 7.90. The van der Waals surface area contributed by atoms with Gasteiger partial charge in [-0.3, -0.25) is 9.10 Å². The second-order valence-corrected chi connectivity index (χ2v) is 6.79. The lowest BCUT2D eigenvalue weighted by Gasteiger charge is -2.37. The van der Waals surface area contributed by atoms with E-state index in [9.17, 15) is 13.2 Å². The molecule has 2 aliphatic rings. The summed E-state index contributed by atoms with van der Waals surface area (Å²) in [7, 11) is -3.59. The number of carbonyl (C=O) groups is 1. The van der Waals surface area contributed by atoms with Crippen LogP contribution in [0.3, 0.4) is 0 Å². The Morgan fingerprint density at radius 3 is 2.48 bits per heavy atom. The van der Waals surface area contributed by atoms with Crippen LogP contribution >= 0.6 is 0 Å². The molecule has 1 saturated heterocycles. The van der Waals surface area contributed by atoms with Crippen LogP contribution in [0.1, 0.15) is 0 Å². The molecule has 2 aliphatic heterocycles. The number of rotatable bonds is 3. The first-order valence-corrected chi connectivity index (χ1v) is 8.21. The summed E-state index contributed by atoms with van der Waals surface area (Å²) in [5.41, 5.74) is 0.571. The van der Waals surface area contributed by atoms with Crippen LogP contribution in [0.15, 0.2) is 24.3 Å². The first kappa shape index (κ1) is 14.2. The maximum absolute atomic E-state index is 12.8. The van der Waals surface area contributed by atoms with Gasteiger partial charge in [-0.05, 0) is 12.1 Å². The van der Waals surface area contributed by atoms with Crippen molar-refractivity contribution in [1.29, 1.82) is 0 Å². The molecular formula is C13H17N3O4S. The molecule has 3 rings (SSSR count). The Morgan fingerprint density at radius 1 is 1.05 bits per heavy atom. The molecule has 0 atom stereocenters. The summed E-state index contributed by atoms with van der Waals surface area (Å²) in [5, 5.41) is 0. The van der Waals surface area contributed by atoms with E-state index in [1.54, 1.807) is 23.1 Å². The third-order valence-electron chi connectivity index (χ3n) is 3.71. The SMILES string of the molecule is O=CN1CCN(S(=O)(=O)N2CCOc3ccccc32)CC1. The second kappa shape index (κ2) is 5.53. The number of hydrogen-bond acceptors (Lipinski definition) is 4. The van der Waals surface area contributed by atoms with E-state index in [0.29, 0.717) is 50.8 Å². The van der Waals surface area contributed by atoms with E-state index < -0.39 is 10.2 Å². The molecule has 0 bridgehead atoms. The molecule has 7 nitrogen and oxygen atoms in total. The molecule has 0 spiro atoms. The molecular weight excluding hydrogens is 294 g/mol. The van der Waals surface area contributed by atoms with Crippen molar-refractivity contribution < 1.29 is 17.9 Å². The van der Waals surface area contributed by atoms with Gasteiger partial charge in [0, 0.05) is 26.2 Å². The lowest BCUT2D eigenvalue weighted by molar-refractivity contribution is -0.119. The van der Waals surface area contributed by atoms with Gasteiger partial charge in [-0.25, -0.2) is 0 Å². The van der Waals surface area contributed by atoms with Gasteiger partial charge < -0.3 is 9.64 Å². The predicted octanol–water partition coefficient (Wildman–Crippen LogP) is -0.0958. The maximum atomic E-state index is 12.8. The van der Waals surface area contributed by atoms with Crippen molar-refractivity contribution >= 4 is 22.3 Å². The maximum Gasteiger partial charge on any atom is 0.304 e. The Hall–Kier alpha value is -1.80. The first-order chi connectivity index (χ1) is 10.1. The zero-order chi connectivity index (χ0) is 14.9. The van der Waals surface area contributed by atoms with Crippen LogP contribution in [0.4, 0.5) is 5.69 Å². The van der Waals surface area contributed by atoms with E-state index in [4.69, 9.17) is 4.74 Å². The Morgan fingerprint density at radius 2 is 1.76 bits per heavy atom. The van der Waals surface area contributed by atoms with Crippen LogP contribution in [0.25, 0.3) is 0 Å². The molecule has 0 radical (unpaired) electrons. The Labute approximate surface area is 123 Å². The van der Waals surface area contributed by atoms with E-state index in [-0.39, 0.29) is 0 Å². The number of amides is 1. The number of para-hydroxylation sites is 2. The molecule has 2 heterocycles. The van der Waals surface area contributed by atoms with Gasteiger partial charge in [0.2, 0.25) is 6.41 Å². The number of anilines is 1. The van der Waals surface area contributed by atoms with Crippen molar-refractivity contribution in [2.75, 3.05) is 43.6 Å². The summed E-state index contributed by atoms with van der Waals surface area (Å²) in [6.07, 6.45) is 0.758. The zero-order valence-electron chi connectivity index (χ0n) is 11.5. The number of carbonyl (C=O) groups excluding carboxylic acids is 1. The summed E-state index contributed by atoms with van der Waals surface area (Å²) >= 11 is 0. The van der Waals surface area contributed by atoms with Crippen molar-refractivity contribution in [3.05, 3.63) is 24.3 Å². The van der Waals surface area contributed by atoms with Gasteiger partial charge in [-0.1, -0.05) is 12.1 Å². The number of nitrogens with zero attached hydrogens (tertiary/aromatic N) is 3. The van der Waals surface area contributed by atoms with Crippen molar-refractivity contribution in [1.82, 2.24) is 9.21 Å².